The summed E-state index contributed by atoms with van der Waals surface area (Å²) in [6, 6.07) is 13.5. The first-order valence-electron chi connectivity index (χ1n) is 7.00. The van der Waals surface area contributed by atoms with Crippen molar-refractivity contribution in [1.82, 2.24) is 5.32 Å². The summed E-state index contributed by atoms with van der Waals surface area (Å²) in [6.07, 6.45) is -0.813. The second-order valence-electron chi connectivity index (χ2n) is 5.01. The van der Waals surface area contributed by atoms with Crippen molar-refractivity contribution in [3.05, 3.63) is 69.8 Å². The Morgan fingerprint density at radius 1 is 1.26 bits per heavy atom. The highest BCUT2D eigenvalue weighted by Crippen LogP contribution is 2.17. The van der Waals surface area contributed by atoms with Gasteiger partial charge in [-0.05, 0) is 48.5 Å². The Morgan fingerprint density at radius 2 is 1.91 bits per heavy atom. The van der Waals surface area contributed by atoms with Gasteiger partial charge < -0.3 is 15.7 Å². The van der Waals surface area contributed by atoms with Crippen molar-refractivity contribution in [2.24, 2.45) is 0 Å². The van der Waals surface area contributed by atoms with Gasteiger partial charge in [0.2, 0.25) is 0 Å². The third-order valence-corrected chi connectivity index (χ3v) is 3.58. The molecule has 2 rings (SSSR count). The average Bonchev–Trinajstić information content (AvgIpc) is 2.55. The maximum Gasteiger partial charge on any atom is 0.269 e. The van der Waals surface area contributed by atoms with Crippen molar-refractivity contribution in [3.63, 3.8) is 0 Å². The Balaban J connectivity index is 1.88. The van der Waals surface area contributed by atoms with Crippen LogP contribution in [0.2, 0.25) is 0 Å². The maximum absolute atomic E-state index is 10.6. The first kappa shape index (κ1) is 16.9. The highest BCUT2D eigenvalue weighted by molar-refractivity contribution is 7.80. The number of rotatable bonds is 5. The van der Waals surface area contributed by atoms with Gasteiger partial charge in [-0.1, -0.05) is 18.2 Å². The third-order valence-electron chi connectivity index (χ3n) is 3.34. The molecule has 2 aromatic carbocycles. The molecule has 0 unspecified atom stereocenters. The molecule has 0 aliphatic rings. The lowest BCUT2D eigenvalue weighted by Crippen LogP contribution is -2.32. The van der Waals surface area contributed by atoms with Crippen molar-refractivity contribution in [2.45, 2.75) is 13.0 Å². The predicted octanol–water partition coefficient (Wildman–Crippen LogP) is 2.92. The summed E-state index contributed by atoms with van der Waals surface area (Å²) in [5, 5.41) is 27.1. The summed E-state index contributed by atoms with van der Waals surface area (Å²) in [5.74, 6) is 0. The number of nitro benzene ring substituents is 1. The zero-order valence-electron chi connectivity index (χ0n) is 12.5. The van der Waals surface area contributed by atoms with E-state index in [2.05, 4.69) is 10.6 Å². The molecule has 23 heavy (non-hydrogen) atoms. The van der Waals surface area contributed by atoms with E-state index >= 15 is 0 Å². The summed E-state index contributed by atoms with van der Waals surface area (Å²) in [6.45, 7) is 2.17. The minimum atomic E-state index is -0.813. The summed E-state index contributed by atoms with van der Waals surface area (Å²) in [5.41, 5.74) is 2.54. The van der Waals surface area contributed by atoms with E-state index in [0.717, 1.165) is 11.3 Å². The van der Waals surface area contributed by atoms with Crippen molar-refractivity contribution < 1.29 is 10.0 Å². The topological polar surface area (TPSA) is 87.4 Å². The van der Waals surface area contributed by atoms with Crippen LogP contribution in [-0.2, 0) is 0 Å². The van der Waals surface area contributed by atoms with Gasteiger partial charge in [0.25, 0.3) is 5.69 Å². The minimum absolute atomic E-state index is 0.00866. The minimum Gasteiger partial charge on any atom is -0.387 e. The number of non-ortho nitro benzene ring substituents is 1. The molecule has 0 heterocycles. The predicted molar refractivity (Wildman–Crippen MR) is 93.5 cm³/mol. The summed E-state index contributed by atoms with van der Waals surface area (Å²) in [7, 11) is 0. The van der Waals surface area contributed by atoms with Crippen LogP contribution in [0.5, 0.6) is 0 Å². The Bertz CT molecular complexity index is 704. The lowest BCUT2D eigenvalue weighted by Gasteiger charge is -2.15. The van der Waals surface area contributed by atoms with Crippen LogP contribution >= 0.6 is 12.2 Å². The van der Waals surface area contributed by atoms with Gasteiger partial charge in [0.05, 0.1) is 11.0 Å². The Labute approximate surface area is 139 Å². The average molecular weight is 331 g/mol. The van der Waals surface area contributed by atoms with Gasteiger partial charge in [0.1, 0.15) is 0 Å². The van der Waals surface area contributed by atoms with Crippen LogP contribution in [0, 0.1) is 17.0 Å². The highest BCUT2D eigenvalue weighted by Gasteiger charge is 2.11. The number of aliphatic hydroxyl groups excluding tert-OH is 1. The number of hydrogen-bond acceptors (Lipinski definition) is 4. The molecule has 3 N–H and O–H groups in total. The van der Waals surface area contributed by atoms with Gasteiger partial charge in [0.15, 0.2) is 5.11 Å². The first-order chi connectivity index (χ1) is 11.0. The number of nitro groups is 1. The number of para-hydroxylation sites is 1. The first-order valence-corrected chi connectivity index (χ1v) is 7.41. The summed E-state index contributed by atoms with van der Waals surface area (Å²) >= 11 is 5.20. The molecule has 7 heteroatoms. The normalized spacial score (nSPS) is 11.6. The van der Waals surface area contributed by atoms with Crippen LogP contribution in [0.25, 0.3) is 0 Å². The molecule has 0 amide bonds. The van der Waals surface area contributed by atoms with Gasteiger partial charge in [-0.3, -0.25) is 10.1 Å². The molecular formula is C16H17N3O3S. The molecule has 0 saturated heterocycles. The van der Waals surface area contributed by atoms with Crippen LogP contribution in [0.1, 0.15) is 17.2 Å². The van der Waals surface area contributed by atoms with Crippen LogP contribution < -0.4 is 10.6 Å². The molecule has 0 aliphatic heterocycles. The Kier molecular flexibility index (Phi) is 5.61. The third kappa shape index (κ3) is 4.73. The van der Waals surface area contributed by atoms with Crippen molar-refractivity contribution in [3.8, 4) is 0 Å². The van der Waals surface area contributed by atoms with Crippen LogP contribution in [0.15, 0.2) is 48.5 Å². The molecule has 6 nitrogen and oxygen atoms in total. The molecule has 0 fully saturated rings. The van der Waals surface area contributed by atoms with E-state index < -0.39 is 11.0 Å². The van der Waals surface area contributed by atoms with E-state index in [9.17, 15) is 15.2 Å². The summed E-state index contributed by atoms with van der Waals surface area (Å²) in [4.78, 5) is 10.1. The Morgan fingerprint density at radius 3 is 2.52 bits per heavy atom. The Hall–Kier alpha value is -2.51. The van der Waals surface area contributed by atoms with E-state index in [-0.39, 0.29) is 12.2 Å². The number of aryl methyl sites for hydroxylation is 1. The molecule has 0 aliphatic carbocycles. The molecule has 0 saturated carbocycles. The zero-order valence-corrected chi connectivity index (χ0v) is 13.3. The smallest absolute Gasteiger partial charge is 0.269 e. The van der Waals surface area contributed by atoms with E-state index in [1.165, 1.54) is 24.3 Å². The number of anilines is 1. The van der Waals surface area contributed by atoms with Gasteiger partial charge in [-0.25, -0.2) is 0 Å². The highest BCUT2D eigenvalue weighted by atomic mass is 32.1. The zero-order chi connectivity index (χ0) is 16.8. The molecule has 0 radical (unpaired) electrons. The van der Waals surface area contributed by atoms with Crippen LogP contribution in [-0.4, -0.2) is 21.7 Å². The van der Waals surface area contributed by atoms with Crippen LogP contribution in [0.3, 0.4) is 0 Å². The van der Waals surface area contributed by atoms with E-state index in [4.69, 9.17) is 12.2 Å². The van der Waals surface area contributed by atoms with Crippen molar-refractivity contribution in [2.75, 3.05) is 11.9 Å². The fourth-order valence-electron chi connectivity index (χ4n) is 2.01. The molecule has 2 aromatic rings. The van der Waals surface area contributed by atoms with Crippen molar-refractivity contribution >= 4 is 28.7 Å². The quantitative estimate of drug-likeness (QED) is 0.444. The number of nitrogens with zero attached hydrogens (tertiary/aromatic N) is 1. The number of aliphatic hydroxyl groups is 1. The van der Waals surface area contributed by atoms with E-state index in [1.807, 2.05) is 31.2 Å². The summed E-state index contributed by atoms with van der Waals surface area (Å²) < 4.78 is 0. The molecule has 120 valence electrons. The maximum atomic E-state index is 10.6. The number of hydrogen-bond donors (Lipinski definition) is 3. The number of benzene rings is 2. The second-order valence-corrected chi connectivity index (χ2v) is 5.42. The van der Waals surface area contributed by atoms with E-state index in [0.29, 0.717) is 10.7 Å². The van der Waals surface area contributed by atoms with Gasteiger partial charge in [-0.2, -0.15) is 0 Å². The standard InChI is InChI=1S/C16H17N3O3S/c1-11-4-2-3-5-14(11)18-16(23)17-10-15(20)12-6-8-13(9-7-12)19(21)22/h2-9,15,20H,10H2,1H3,(H2,17,18,23)/t15-/m1/s1. The second kappa shape index (κ2) is 7.66. The van der Waals surface area contributed by atoms with Gasteiger partial charge in [0, 0.05) is 24.4 Å². The fourth-order valence-corrected chi connectivity index (χ4v) is 2.20. The number of thiocarbonyl (C=S) groups is 1. The fraction of sp³-hybridized carbons (Fsp3) is 0.188. The lowest BCUT2D eigenvalue weighted by atomic mass is 10.1. The van der Waals surface area contributed by atoms with E-state index in [1.54, 1.807) is 0 Å². The molecule has 0 spiro atoms. The lowest BCUT2D eigenvalue weighted by molar-refractivity contribution is -0.384. The molecular weight excluding hydrogens is 314 g/mol. The SMILES string of the molecule is Cc1ccccc1NC(=S)NC[C@@H](O)c1ccc([N+](=O)[O-])cc1. The van der Waals surface area contributed by atoms with Gasteiger partial charge >= 0.3 is 0 Å². The van der Waals surface area contributed by atoms with Gasteiger partial charge in [-0.15, -0.1) is 0 Å². The monoisotopic (exact) mass is 331 g/mol. The number of nitrogens with one attached hydrogen (secondary N) is 2. The molecule has 0 aromatic heterocycles. The largest absolute Gasteiger partial charge is 0.387 e. The molecule has 1 atom stereocenters. The molecule has 0 bridgehead atoms. The van der Waals surface area contributed by atoms with Crippen LogP contribution in [0.4, 0.5) is 11.4 Å². The van der Waals surface area contributed by atoms with Crippen molar-refractivity contribution in [1.29, 1.82) is 0 Å².